The number of fused-ring (bicyclic) bond motifs is 7. The van der Waals surface area contributed by atoms with Gasteiger partial charge in [0, 0.05) is 12.1 Å². The first-order chi connectivity index (χ1) is 15.8. The van der Waals surface area contributed by atoms with Crippen LogP contribution in [0.3, 0.4) is 0 Å². The van der Waals surface area contributed by atoms with Crippen LogP contribution in [0.5, 0.6) is 0 Å². The van der Waals surface area contributed by atoms with Gasteiger partial charge in [-0.2, -0.15) is 0 Å². The molecule has 0 saturated heterocycles. The van der Waals surface area contributed by atoms with Gasteiger partial charge in [0.15, 0.2) is 0 Å². The standard InChI is InChI=1S/C29H30NO2P/c1-29(2,3)30(28(31)32)16-17-33-18-22-14-12-20-8-4-6-10-24(20)26(22)27-23(19-33)15-13-21-9-5-7-11-25(21)27/h4-15H,16-19H2,1-3H3,(H,31,32). The summed E-state index contributed by atoms with van der Waals surface area (Å²) >= 11 is 0. The second kappa shape index (κ2) is 8.47. The average Bonchev–Trinajstić information content (AvgIpc) is 2.94. The van der Waals surface area contributed by atoms with E-state index in [1.54, 1.807) is 4.90 Å². The first-order valence-electron chi connectivity index (χ1n) is 11.6. The zero-order chi connectivity index (χ0) is 23.2. The summed E-state index contributed by atoms with van der Waals surface area (Å²) in [5.41, 5.74) is 5.14. The van der Waals surface area contributed by atoms with E-state index in [-0.39, 0.29) is 0 Å². The summed E-state index contributed by atoms with van der Waals surface area (Å²) in [5.74, 6) is 0. The molecule has 0 aromatic heterocycles. The number of amides is 1. The lowest BCUT2D eigenvalue weighted by Gasteiger charge is -2.34. The van der Waals surface area contributed by atoms with Gasteiger partial charge in [0.25, 0.3) is 0 Å². The van der Waals surface area contributed by atoms with E-state index in [2.05, 4.69) is 72.8 Å². The molecule has 1 heterocycles. The fourth-order valence-corrected chi connectivity index (χ4v) is 7.54. The van der Waals surface area contributed by atoms with Gasteiger partial charge in [-0.1, -0.05) is 80.7 Å². The van der Waals surface area contributed by atoms with Gasteiger partial charge < -0.3 is 10.0 Å². The van der Waals surface area contributed by atoms with Crippen molar-refractivity contribution in [1.29, 1.82) is 0 Å². The Labute approximate surface area is 196 Å². The van der Waals surface area contributed by atoms with Crippen molar-refractivity contribution in [3.8, 4) is 11.1 Å². The Kier molecular flexibility index (Phi) is 5.62. The normalized spacial score (nSPS) is 14.0. The molecule has 3 nitrogen and oxygen atoms in total. The van der Waals surface area contributed by atoms with Crippen molar-refractivity contribution in [2.45, 2.75) is 38.6 Å². The minimum Gasteiger partial charge on any atom is -0.465 e. The number of benzene rings is 4. The Morgan fingerprint density at radius 2 is 1.30 bits per heavy atom. The minimum absolute atomic E-state index is 0.392. The van der Waals surface area contributed by atoms with Crippen LogP contribution in [0.15, 0.2) is 72.8 Å². The van der Waals surface area contributed by atoms with Gasteiger partial charge in [-0.05, 0) is 83.1 Å². The molecule has 33 heavy (non-hydrogen) atoms. The first-order valence-corrected chi connectivity index (χ1v) is 13.5. The highest BCUT2D eigenvalue weighted by Crippen LogP contribution is 2.53. The summed E-state index contributed by atoms with van der Waals surface area (Å²) in [6, 6.07) is 26.5. The zero-order valence-corrected chi connectivity index (χ0v) is 20.4. The molecule has 0 radical (unpaired) electrons. The number of carbonyl (C=O) groups is 1. The number of hydrogen-bond donors (Lipinski definition) is 1. The fourth-order valence-electron chi connectivity index (χ4n) is 5.14. The number of nitrogens with zero attached hydrogens (tertiary/aromatic N) is 1. The summed E-state index contributed by atoms with van der Waals surface area (Å²) in [7, 11) is -0.392. The quantitative estimate of drug-likeness (QED) is 0.319. The summed E-state index contributed by atoms with van der Waals surface area (Å²) < 4.78 is 0. The fraction of sp³-hybridized carbons (Fsp3) is 0.276. The van der Waals surface area contributed by atoms with Crippen LogP contribution in [0, 0.1) is 0 Å². The molecule has 0 spiro atoms. The second-order valence-corrected chi connectivity index (χ2v) is 12.4. The van der Waals surface area contributed by atoms with Crippen LogP contribution in [0.4, 0.5) is 4.79 Å². The highest BCUT2D eigenvalue weighted by atomic mass is 31.1. The smallest absolute Gasteiger partial charge is 0.407 e. The van der Waals surface area contributed by atoms with E-state index in [9.17, 15) is 9.90 Å². The molecule has 0 atom stereocenters. The highest BCUT2D eigenvalue weighted by molar-refractivity contribution is 7.56. The van der Waals surface area contributed by atoms with Gasteiger partial charge in [-0.15, -0.1) is 0 Å². The Hall–Kier alpha value is -2.90. The van der Waals surface area contributed by atoms with Crippen molar-refractivity contribution >= 4 is 35.6 Å². The van der Waals surface area contributed by atoms with Gasteiger partial charge in [0.05, 0.1) is 0 Å². The molecule has 4 aromatic carbocycles. The van der Waals surface area contributed by atoms with Crippen LogP contribution >= 0.6 is 7.92 Å². The molecule has 1 amide bonds. The number of rotatable bonds is 3. The molecule has 1 aliphatic heterocycles. The van der Waals surface area contributed by atoms with Crippen molar-refractivity contribution in [1.82, 2.24) is 4.90 Å². The first kappa shape index (κ1) is 21.9. The lowest BCUT2D eigenvalue weighted by atomic mass is 9.88. The van der Waals surface area contributed by atoms with Gasteiger partial charge in [0.2, 0.25) is 0 Å². The number of carboxylic acid groups (broad SMARTS) is 1. The molecule has 0 aliphatic carbocycles. The maximum atomic E-state index is 11.9. The van der Waals surface area contributed by atoms with Crippen LogP contribution < -0.4 is 0 Å². The molecular formula is C29H30NO2P. The molecule has 4 heteroatoms. The maximum absolute atomic E-state index is 11.9. The molecule has 0 saturated carbocycles. The van der Waals surface area contributed by atoms with Crippen LogP contribution in [-0.2, 0) is 12.3 Å². The maximum Gasteiger partial charge on any atom is 0.407 e. The second-order valence-electron chi connectivity index (χ2n) is 9.96. The topological polar surface area (TPSA) is 40.5 Å². The van der Waals surface area contributed by atoms with Crippen molar-refractivity contribution < 1.29 is 9.90 Å². The lowest BCUT2D eigenvalue weighted by Crippen LogP contribution is -2.46. The summed E-state index contributed by atoms with van der Waals surface area (Å²) in [5, 5.41) is 14.9. The molecule has 0 unspecified atom stereocenters. The van der Waals surface area contributed by atoms with E-state index < -0.39 is 19.6 Å². The van der Waals surface area contributed by atoms with Gasteiger partial charge in [-0.25, -0.2) is 4.79 Å². The Morgan fingerprint density at radius 3 is 1.76 bits per heavy atom. The Bertz CT molecular complexity index is 1270. The van der Waals surface area contributed by atoms with Crippen LogP contribution in [0.25, 0.3) is 32.7 Å². The summed E-state index contributed by atoms with van der Waals surface area (Å²) in [4.78, 5) is 13.5. The van der Waals surface area contributed by atoms with Gasteiger partial charge >= 0.3 is 6.09 Å². The predicted molar refractivity (Wildman–Crippen MR) is 141 cm³/mol. The molecule has 168 valence electrons. The summed E-state index contributed by atoms with van der Waals surface area (Å²) in [6.07, 6.45) is 2.13. The van der Waals surface area contributed by atoms with E-state index >= 15 is 0 Å². The predicted octanol–water partition coefficient (Wildman–Crippen LogP) is 7.93. The zero-order valence-electron chi connectivity index (χ0n) is 19.5. The van der Waals surface area contributed by atoms with Crippen LogP contribution in [0.2, 0.25) is 0 Å². The van der Waals surface area contributed by atoms with Gasteiger partial charge in [-0.3, -0.25) is 0 Å². The minimum atomic E-state index is -0.829. The molecule has 0 fully saturated rings. The average molecular weight is 456 g/mol. The van der Waals surface area contributed by atoms with Crippen molar-refractivity contribution in [3.63, 3.8) is 0 Å². The molecular weight excluding hydrogens is 425 g/mol. The third-order valence-corrected chi connectivity index (χ3v) is 9.16. The van der Waals surface area contributed by atoms with E-state index in [0.29, 0.717) is 6.54 Å². The van der Waals surface area contributed by atoms with Crippen LogP contribution in [-0.4, -0.2) is 34.3 Å². The molecule has 0 bridgehead atoms. The SMILES string of the molecule is CC(C)(C)N(CCP1Cc2ccc3ccccc3c2-c2c(ccc3ccccc23)C1)C(=O)O. The lowest BCUT2D eigenvalue weighted by molar-refractivity contribution is 0.105. The molecule has 1 aliphatic rings. The largest absolute Gasteiger partial charge is 0.465 e. The number of hydrogen-bond acceptors (Lipinski definition) is 1. The monoisotopic (exact) mass is 455 g/mol. The highest BCUT2D eigenvalue weighted by Gasteiger charge is 2.29. The third-order valence-electron chi connectivity index (χ3n) is 6.75. The van der Waals surface area contributed by atoms with Crippen LogP contribution in [0.1, 0.15) is 31.9 Å². The van der Waals surface area contributed by atoms with Gasteiger partial charge in [0.1, 0.15) is 0 Å². The molecule has 5 rings (SSSR count). The van der Waals surface area contributed by atoms with E-state index in [0.717, 1.165) is 18.5 Å². The molecule has 4 aromatic rings. The van der Waals surface area contributed by atoms with Crippen molar-refractivity contribution in [2.75, 3.05) is 12.7 Å². The third kappa shape index (κ3) is 4.11. The summed E-state index contributed by atoms with van der Waals surface area (Å²) in [6.45, 7) is 6.51. The van der Waals surface area contributed by atoms with E-state index in [1.807, 2.05) is 20.8 Å². The Morgan fingerprint density at radius 1 is 0.818 bits per heavy atom. The Balaban J connectivity index is 1.64. The molecule has 1 N–H and O–H groups in total. The van der Waals surface area contributed by atoms with E-state index in [4.69, 9.17) is 0 Å². The van der Waals surface area contributed by atoms with Crippen molar-refractivity contribution in [2.24, 2.45) is 0 Å². The van der Waals surface area contributed by atoms with E-state index in [1.165, 1.54) is 43.8 Å². The van der Waals surface area contributed by atoms with Crippen molar-refractivity contribution in [3.05, 3.63) is 83.9 Å².